The summed E-state index contributed by atoms with van der Waals surface area (Å²) in [5.41, 5.74) is 0.374. The molecule has 0 saturated carbocycles. The summed E-state index contributed by atoms with van der Waals surface area (Å²) in [6.45, 7) is 1.41. The minimum atomic E-state index is -0.0744. The molecule has 0 spiro atoms. The molecule has 3 heterocycles. The lowest BCUT2D eigenvalue weighted by molar-refractivity contribution is 0.0683. The number of rotatable bonds is 3. The Morgan fingerprint density at radius 2 is 2.14 bits per heavy atom. The molecule has 0 aromatic carbocycles. The smallest absolute Gasteiger partial charge is 0.272 e. The summed E-state index contributed by atoms with van der Waals surface area (Å²) in [6.07, 6.45) is 6.90. The molecule has 0 N–H and O–H groups in total. The highest BCUT2D eigenvalue weighted by molar-refractivity contribution is 5.92. The zero-order chi connectivity index (χ0) is 14.7. The third-order valence-corrected chi connectivity index (χ3v) is 3.72. The largest absolute Gasteiger partial charge is 0.481 e. The number of hydrogen-bond donors (Lipinski definition) is 0. The van der Waals surface area contributed by atoms with Crippen LogP contribution in [0.15, 0.2) is 30.9 Å². The highest BCUT2D eigenvalue weighted by atomic mass is 16.5. The fraction of sp³-hybridized carbons (Fsp3) is 0.429. The second-order valence-corrected chi connectivity index (χ2v) is 4.96. The number of aromatic nitrogens is 4. The van der Waals surface area contributed by atoms with E-state index in [9.17, 15) is 4.79 Å². The van der Waals surface area contributed by atoms with Gasteiger partial charge in [0.1, 0.15) is 12.0 Å². The number of amides is 1. The first-order valence-corrected chi connectivity index (χ1v) is 6.92. The van der Waals surface area contributed by atoms with Gasteiger partial charge in [-0.15, -0.1) is 0 Å². The number of carbonyl (C=O) groups excluding carboxylic acids is 1. The Bertz CT molecular complexity index is 606. The average Bonchev–Trinajstić information content (AvgIpc) is 3.09. The number of piperidine rings is 1. The third kappa shape index (κ3) is 2.86. The molecule has 1 amide bonds. The Balaban J connectivity index is 1.64. The summed E-state index contributed by atoms with van der Waals surface area (Å²) in [7, 11) is 1.52. The van der Waals surface area contributed by atoms with Gasteiger partial charge in [0.15, 0.2) is 0 Å². The average molecular weight is 287 g/mol. The molecule has 0 aliphatic carbocycles. The third-order valence-electron chi connectivity index (χ3n) is 3.72. The SMILES string of the molecule is COc1cc(C(=O)N2CCC(n3cccn3)CC2)ncn1. The van der Waals surface area contributed by atoms with Gasteiger partial charge in [-0.25, -0.2) is 9.97 Å². The lowest BCUT2D eigenvalue weighted by Crippen LogP contribution is -2.39. The monoisotopic (exact) mass is 287 g/mol. The van der Waals surface area contributed by atoms with Crippen molar-refractivity contribution in [3.63, 3.8) is 0 Å². The molecular weight excluding hydrogens is 270 g/mol. The summed E-state index contributed by atoms with van der Waals surface area (Å²) >= 11 is 0. The fourth-order valence-electron chi connectivity index (χ4n) is 2.56. The number of likely N-dealkylation sites (tertiary alicyclic amines) is 1. The van der Waals surface area contributed by atoms with Crippen LogP contribution in [0.3, 0.4) is 0 Å². The van der Waals surface area contributed by atoms with E-state index in [1.54, 1.807) is 12.3 Å². The van der Waals surface area contributed by atoms with Crippen LogP contribution in [-0.4, -0.2) is 50.8 Å². The normalized spacial score (nSPS) is 16.0. The minimum absolute atomic E-state index is 0.0744. The van der Waals surface area contributed by atoms with Gasteiger partial charge in [0, 0.05) is 31.5 Å². The van der Waals surface area contributed by atoms with Crippen molar-refractivity contribution in [2.75, 3.05) is 20.2 Å². The molecule has 2 aromatic rings. The van der Waals surface area contributed by atoms with Crippen LogP contribution in [0.5, 0.6) is 5.88 Å². The van der Waals surface area contributed by atoms with Gasteiger partial charge < -0.3 is 9.64 Å². The zero-order valence-corrected chi connectivity index (χ0v) is 11.8. The predicted octanol–water partition coefficient (Wildman–Crippen LogP) is 1.16. The Morgan fingerprint density at radius 3 is 2.81 bits per heavy atom. The van der Waals surface area contributed by atoms with E-state index in [2.05, 4.69) is 15.1 Å². The van der Waals surface area contributed by atoms with Crippen molar-refractivity contribution in [1.82, 2.24) is 24.6 Å². The van der Waals surface area contributed by atoms with Gasteiger partial charge in [-0.2, -0.15) is 5.10 Å². The number of hydrogen-bond acceptors (Lipinski definition) is 5. The van der Waals surface area contributed by atoms with Crippen LogP contribution in [0.1, 0.15) is 29.4 Å². The van der Waals surface area contributed by atoms with Gasteiger partial charge in [0.2, 0.25) is 5.88 Å². The van der Waals surface area contributed by atoms with Crippen molar-refractivity contribution in [1.29, 1.82) is 0 Å². The van der Waals surface area contributed by atoms with Crippen LogP contribution >= 0.6 is 0 Å². The molecule has 2 aromatic heterocycles. The predicted molar refractivity (Wildman–Crippen MR) is 75.0 cm³/mol. The lowest BCUT2D eigenvalue weighted by Gasteiger charge is -2.31. The molecule has 1 saturated heterocycles. The maximum Gasteiger partial charge on any atom is 0.272 e. The number of methoxy groups -OCH3 is 1. The molecule has 21 heavy (non-hydrogen) atoms. The van der Waals surface area contributed by atoms with E-state index in [-0.39, 0.29) is 5.91 Å². The maximum atomic E-state index is 12.4. The Morgan fingerprint density at radius 1 is 1.33 bits per heavy atom. The molecule has 1 fully saturated rings. The van der Waals surface area contributed by atoms with E-state index < -0.39 is 0 Å². The van der Waals surface area contributed by atoms with Crippen LogP contribution in [0.2, 0.25) is 0 Å². The second-order valence-electron chi connectivity index (χ2n) is 4.96. The first-order valence-electron chi connectivity index (χ1n) is 6.92. The summed E-state index contributed by atoms with van der Waals surface area (Å²) in [5, 5.41) is 4.27. The standard InChI is InChI=1S/C14H17N5O2/c1-21-13-9-12(15-10-16-13)14(20)18-7-3-11(4-8-18)19-6-2-5-17-19/h2,5-6,9-11H,3-4,7-8H2,1H3. The highest BCUT2D eigenvalue weighted by Gasteiger charge is 2.25. The highest BCUT2D eigenvalue weighted by Crippen LogP contribution is 2.22. The number of ether oxygens (including phenoxy) is 1. The first kappa shape index (κ1) is 13.5. The molecule has 0 bridgehead atoms. The molecule has 1 aliphatic heterocycles. The van der Waals surface area contributed by atoms with E-state index in [0.29, 0.717) is 30.7 Å². The van der Waals surface area contributed by atoms with Crippen LogP contribution in [0.4, 0.5) is 0 Å². The van der Waals surface area contributed by atoms with Crippen molar-refractivity contribution < 1.29 is 9.53 Å². The molecule has 1 aliphatic rings. The van der Waals surface area contributed by atoms with E-state index in [1.807, 2.05) is 21.8 Å². The van der Waals surface area contributed by atoms with Crippen molar-refractivity contribution in [2.45, 2.75) is 18.9 Å². The second kappa shape index (κ2) is 5.90. The Hall–Kier alpha value is -2.44. The molecule has 0 atom stereocenters. The first-order chi connectivity index (χ1) is 10.3. The molecule has 7 nitrogen and oxygen atoms in total. The van der Waals surface area contributed by atoms with Gasteiger partial charge in [0.25, 0.3) is 5.91 Å². The summed E-state index contributed by atoms with van der Waals surface area (Å²) in [6, 6.07) is 3.86. The van der Waals surface area contributed by atoms with Gasteiger partial charge in [-0.3, -0.25) is 9.48 Å². The van der Waals surface area contributed by atoms with Crippen molar-refractivity contribution in [2.24, 2.45) is 0 Å². The van der Waals surface area contributed by atoms with Crippen molar-refractivity contribution in [3.05, 3.63) is 36.5 Å². The van der Waals surface area contributed by atoms with E-state index >= 15 is 0 Å². The van der Waals surface area contributed by atoms with Crippen LogP contribution in [0.25, 0.3) is 0 Å². The van der Waals surface area contributed by atoms with Crippen LogP contribution in [0, 0.1) is 0 Å². The number of nitrogens with zero attached hydrogens (tertiary/aromatic N) is 5. The van der Waals surface area contributed by atoms with Gasteiger partial charge in [-0.05, 0) is 18.9 Å². The number of carbonyl (C=O) groups is 1. The van der Waals surface area contributed by atoms with Crippen LogP contribution < -0.4 is 4.74 Å². The summed E-state index contributed by atoms with van der Waals surface area (Å²) in [4.78, 5) is 22.2. The van der Waals surface area contributed by atoms with Crippen molar-refractivity contribution in [3.8, 4) is 5.88 Å². The quantitative estimate of drug-likeness (QED) is 0.847. The maximum absolute atomic E-state index is 12.4. The van der Waals surface area contributed by atoms with Gasteiger partial charge in [-0.1, -0.05) is 0 Å². The van der Waals surface area contributed by atoms with Gasteiger partial charge >= 0.3 is 0 Å². The van der Waals surface area contributed by atoms with Crippen LogP contribution in [-0.2, 0) is 0 Å². The Labute approximate surface area is 122 Å². The summed E-state index contributed by atoms with van der Waals surface area (Å²) in [5.74, 6) is 0.328. The van der Waals surface area contributed by atoms with E-state index in [0.717, 1.165) is 12.8 Å². The Kier molecular flexibility index (Phi) is 3.81. The molecule has 0 unspecified atom stereocenters. The zero-order valence-electron chi connectivity index (χ0n) is 11.8. The van der Waals surface area contributed by atoms with Gasteiger partial charge in [0.05, 0.1) is 13.2 Å². The molecule has 7 heteroatoms. The van der Waals surface area contributed by atoms with E-state index in [1.165, 1.54) is 13.4 Å². The molecule has 3 rings (SSSR count). The molecule has 110 valence electrons. The minimum Gasteiger partial charge on any atom is -0.481 e. The fourth-order valence-corrected chi connectivity index (χ4v) is 2.56. The molecule has 0 radical (unpaired) electrons. The topological polar surface area (TPSA) is 73.1 Å². The van der Waals surface area contributed by atoms with Crippen molar-refractivity contribution >= 4 is 5.91 Å². The summed E-state index contributed by atoms with van der Waals surface area (Å²) < 4.78 is 6.99. The molecular formula is C14H17N5O2. The van der Waals surface area contributed by atoms with E-state index in [4.69, 9.17) is 4.74 Å². The lowest BCUT2D eigenvalue weighted by atomic mass is 10.0.